The van der Waals surface area contributed by atoms with E-state index in [-0.39, 0.29) is 5.69 Å². The Hall–Kier alpha value is -1.75. The van der Waals surface area contributed by atoms with Crippen LogP contribution in [0.1, 0.15) is 36.6 Å². The van der Waals surface area contributed by atoms with E-state index in [0.29, 0.717) is 17.8 Å². The molecular weight excluding hydrogens is 260 g/mol. The van der Waals surface area contributed by atoms with E-state index in [2.05, 4.69) is 10.4 Å². The lowest BCUT2D eigenvalue weighted by atomic mass is 10.2. The smallest absolute Gasteiger partial charge is 0.280 e. The van der Waals surface area contributed by atoms with E-state index in [1.807, 2.05) is 32.0 Å². The summed E-state index contributed by atoms with van der Waals surface area (Å²) in [6.07, 6.45) is -0.0564. The van der Waals surface area contributed by atoms with Gasteiger partial charge in [0.05, 0.1) is 11.9 Å². The average Bonchev–Trinajstić information content (AvgIpc) is 2.83. The highest BCUT2D eigenvalue weighted by Crippen LogP contribution is 2.26. The second kappa shape index (κ2) is 6.61. The number of hydrogen-bond acceptors (Lipinski definition) is 2. The topological polar surface area (TPSA) is 29.9 Å². The zero-order valence-electron chi connectivity index (χ0n) is 11.7. The molecule has 0 fully saturated rings. The first-order chi connectivity index (χ1) is 9.63. The van der Waals surface area contributed by atoms with Gasteiger partial charge in [-0.2, -0.15) is 5.10 Å². The Bertz CT molecular complexity index is 564. The molecule has 0 bridgehead atoms. The molecule has 5 heteroatoms. The van der Waals surface area contributed by atoms with Crippen molar-refractivity contribution in [3.63, 3.8) is 0 Å². The summed E-state index contributed by atoms with van der Waals surface area (Å²) >= 11 is 0. The highest BCUT2D eigenvalue weighted by Gasteiger charge is 2.20. The van der Waals surface area contributed by atoms with Crippen molar-refractivity contribution in [2.24, 2.45) is 0 Å². The van der Waals surface area contributed by atoms with Crippen molar-refractivity contribution in [2.45, 2.75) is 33.2 Å². The third-order valence-corrected chi connectivity index (χ3v) is 3.08. The third kappa shape index (κ3) is 3.22. The van der Waals surface area contributed by atoms with Crippen molar-refractivity contribution in [2.75, 3.05) is 6.54 Å². The number of nitrogens with one attached hydrogen (secondary N) is 1. The quantitative estimate of drug-likeness (QED) is 0.818. The van der Waals surface area contributed by atoms with Gasteiger partial charge in [-0.1, -0.05) is 19.1 Å². The van der Waals surface area contributed by atoms with Crippen LogP contribution < -0.4 is 5.32 Å². The van der Waals surface area contributed by atoms with Crippen LogP contribution in [0.25, 0.3) is 5.69 Å². The Kier molecular flexibility index (Phi) is 4.84. The van der Waals surface area contributed by atoms with Crippen molar-refractivity contribution < 1.29 is 8.78 Å². The molecule has 0 unspecified atom stereocenters. The Labute approximate surface area is 117 Å². The van der Waals surface area contributed by atoms with Gasteiger partial charge in [-0.25, -0.2) is 13.5 Å². The highest BCUT2D eigenvalue weighted by atomic mass is 19.3. The zero-order valence-corrected chi connectivity index (χ0v) is 11.7. The van der Waals surface area contributed by atoms with E-state index in [1.165, 1.54) is 10.9 Å². The molecule has 2 aromatic rings. The molecule has 1 aromatic heterocycles. The molecule has 0 atom stereocenters. The lowest BCUT2D eigenvalue weighted by Gasteiger charge is -2.10. The van der Waals surface area contributed by atoms with Gasteiger partial charge in [0.2, 0.25) is 0 Å². The van der Waals surface area contributed by atoms with Crippen molar-refractivity contribution in [3.05, 3.63) is 47.3 Å². The van der Waals surface area contributed by atoms with Crippen molar-refractivity contribution in [3.8, 4) is 5.69 Å². The number of aromatic nitrogens is 2. The van der Waals surface area contributed by atoms with Crippen LogP contribution in [0.2, 0.25) is 0 Å². The van der Waals surface area contributed by atoms with Gasteiger partial charge in [0.1, 0.15) is 5.69 Å². The van der Waals surface area contributed by atoms with E-state index in [1.54, 1.807) is 6.07 Å². The highest BCUT2D eigenvalue weighted by molar-refractivity contribution is 5.38. The maximum atomic E-state index is 13.3. The minimum absolute atomic E-state index is 0.0285. The SMILES string of the molecule is CCCNCc1cnn(-c2cccc(C)c2)c1C(F)F. The van der Waals surface area contributed by atoms with Gasteiger partial charge >= 0.3 is 0 Å². The number of hydrogen-bond donors (Lipinski definition) is 1. The molecular formula is C15H19F2N3. The first-order valence-electron chi connectivity index (χ1n) is 6.76. The molecule has 0 aliphatic rings. The van der Waals surface area contributed by atoms with Gasteiger partial charge in [0.25, 0.3) is 6.43 Å². The first kappa shape index (κ1) is 14.7. The van der Waals surface area contributed by atoms with Gasteiger partial charge in [-0.15, -0.1) is 0 Å². The molecule has 0 amide bonds. The van der Waals surface area contributed by atoms with Crippen LogP contribution in [0.4, 0.5) is 8.78 Å². The molecule has 1 N–H and O–H groups in total. The molecule has 108 valence electrons. The molecule has 0 spiro atoms. The number of alkyl halides is 2. The Balaban J connectivity index is 2.34. The van der Waals surface area contributed by atoms with E-state index in [4.69, 9.17) is 0 Å². The maximum Gasteiger partial charge on any atom is 0.280 e. The van der Waals surface area contributed by atoms with E-state index >= 15 is 0 Å². The van der Waals surface area contributed by atoms with Crippen LogP contribution in [0.15, 0.2) is 30.5 Å². The number of nitrogens with zero attached hydrogens (tertiary/aromatic N) is 2. The Morgan fingerprint density at radius 1 is 1.35 bits per heavy atom. The fraction of sp³-hybridized carbons (Fsp3) is 0.400. The van der Waals surface area contributed by atoms with Crippen LogP contribution >= 0.6 is 0 Å². The second-order valence-corrected chi connectivity index (χ2v) is 4.78. The zero-order chi connectivity index (χ0) is 14.5. The lowest BCUT2D eigenvalue weighted by Crippen LogP contribution is -2.15. The predicted octanol–water partition coefficient (Wildman–Crippen LogP) is 3.62. The third-order valence-electron chi connectivity index (χ3n) is 3.08. The Morgan fingerprint density at radius 2 is 2.15 bits per heavy atom. The summed E-state index contributed by atoms with van der Waals surface area (Å²) in [5, 5.41) is 7.26. The number of aryl methyl sites for hydroxylation is 1. The van der Waals surface area contributed by atoms with Gasteiger partial charge in [0.15, 0.2) is 0 Å². The van der Waals surface area contributed by atoms with Crippen molar-refractivity contribution in [1.29, 1.82) is 0 Å². The summed E-state index contributed by atoms with van der Waals surface area (Å²) in [5.74, 6) is 0. The van der Waals surface area contributed by atoms with Gasteiger partial charge < -0.3 is 5.32 Å². The molecule has 3 nitrogen and oxygen atoms in total. The number of halogens is 2. The van der Waals surface area contributed by atoms with Gasteiger partial charge in [0, 0.05) is 12.1 Å². The fourth-order valence-corrected chi connectivity index (χ4v) is 2.13. The Morgan fingerprint density at radius 3 is 2.80 bits per heavy atom. The summed E-state index contributed by atoms with van der Waals surface area (Å²) in [7, 11) is 0. The number of benzene rings is 1. The summed E-state index contributed by atoms with van der Waals surface area (Å²) < 4.78 is 28.0. The molecule has 0 radical (unpaired) electrons. The van der Waals surface area contributed by atoms with Crippen molar-refractivity contribution in [1.82, 2.24) is 15.1 Å². The molecule has 1 heterocycles. The standard InChI is InChI=1S/C15H19F2N3/c1-3-7-18-9-12-10-19-20(14(12)15(16)17)13-6-4-5-11(2)8-13/h4-6,8,10,15,18H,3,7,9H2,1-2H3. The first-order valence-corrected chi connectivity index (χ1v) is 6.76. The maximum absolute atomic E-state index is 13.3. The van der Waals surface area contributed by atoms with Crippen LogP contribution in [0.5, 0.6) is 0 Å². The molecule has 1 aromatic carbocycles. The number of rotatable bonds is 6. The fourth-order valence-electron chi connectivity index (χ4n) is 2.13. The largest absolute Gasteiger partial charge is 0.313 e. The van der Waals surface area contributed by atoms with Crippen LogP contribution in [0, 0.1) is 6.92 Å². The minimum Gasteiger partial charge on any atom is -0.313 e. The van der Waals surface area contributed by atoms with Gasteiger partial charge in [-0.3, -0.25) is 0 Å². The summed E-state index contributed by atoms with van der Waals surface area (Å²) in [6, 6.07) is 7.41. The summed E-state index contributed by atoms with van der Waals surface area (Å²) in [5.41, 5.74) is 2.21. The molecule has 0 aliphatic carbocycles. The van der Waals surface area contributed by atoms with E-state index in [9.17, 15) is 8.78 Å². The molecule has 0 aliphatic heterocycles. The minimum atomic E-state index is -2.54. The van der Waals surface area contributed by atoms with E-state index in [0.717, 1.165) is 18.5 Å². The molecule has 0 saturated carbocycles. The van der Waals surface area contributed by atoms with Crippen LogP contribution in [-0.4, -0.2) is 16.3 Å². The van der Waals surface area contributed by atoms with E-state index < -0.39 is 6.43 Å². The van der Waals surface area contributed by atoms with Crippen LogP contribution in [-0.2, 0) is 6.54 Å². The van der Waals surface area contributed by atoms with Crippen molar-refractivity contribution >= 4 is 0 Å². The monoisotopic (exact) mass is 279 g/mol. The normalized spacial score (nSPS) is 11.2. The second-order valence-electron chi connectivity index (χ2n) is 4.78. The summed E-state index contributed by atoms with van der Waals surface area (Å²) in [6.45, 7) is 5.19. The molecule has 0 saturated heterocycles. The predicted molar refractivity (Wildman–Crippen MR) is 75.3 cm³/mol. The molecule has 20 heavy (non-hydrogen) atoms. The lowest BCUT2D eigenvalue weighted by molar-refractivity contribution is 0.141. The molecule has 2 rings (SSSR count). The van der Waals surface area contributed by atoms with Crippen LogP contribution in [0.3, 0.4) is 0 Å². The summed E-state index contributed by atoms with van der Waals surface area (Å²) in [4.78, 5) is 0. The average molecular weight is 279 g/mol. The van der Waals surface area contributed by atoms with Gasteiger partial charge in [-0.05, 0) is 37.6 Å².